The van der Waals surface area contributed by atoms with Crippen molar-refractivity contribution in [2.75, 3.05) is 7.11 Å². The summed E-state index contributed by atoms with van der Waals surface area (Å²) in [6.45, 7) is 9.76. The second-order valence-corrected chi connectivity index (χ2v) is 14.3. The molecule has 48 heavy (non-hydrogen) atoms. The van der Waals surface area contributed by atoms with E-state index in [9.17, 15) is 44.4 Å². The van der Waals surface area contributed by atoms with Gasteiger partial charge in [0.05, 0.1) is 18.6 Å². The molecule has 2 aromatic rings. The standard InChI is InChI=1S/C38H42O10/c1-8-20(35(46)48-7)15-26(41)22-11-9-10-21(14-22)23-12-13-25(40)28-24(23)16-36(5)17-37(6)29(18(2)3)31(42)27(19(4)39)33(44)38(37,47)34(45)30(36)32(28)43/h9-14,18,20,29,40,42,45,47H,8,15-17H2,1-7H3/t20?,29?,36-,37-,38+/m1/s1. The molecular weight excluding hydrogens is 616 g/mol. The van der Waals surface area contributed by atoms with Crippen molar-refractivity contribution in [2.24, 2.45) is 28.6 Å². The maximum atomic E-state index is 14.4. The molecule has 3 aliphatic carbocycles. The minimum Gasteiger partial charge on any atom is -0.511 e. The molecule has 0 saturated heterocycles. The molecule has 2 unspecified atom stereocenters. The van der Waals surface area contributed by atoms with Crippen molar-refractivity contribution in [2.45, 2.75) is 72.8 Å². The molecule has 0 heterocycles. The van der Waals surface area contributed by atoms with E-state index < -0.39 is 68.7 Å². The summed E-state index contributed by atoms with van der Waals surface area (Å²) in [6.07, 6.45) is 0.427. The normalized spacial score (nSPS) is 27.3. The van der Waals surface area contributed by atoms with E-state index in [2.05, 4.69) is 0 Å². The van der Waals surface area contributed by atoms with E-state index in [-0.39, 0.29) is 47.8 Å². The Bertz CT molecular complexity index is 1850. The Morgan fingerprint density at radius 1 is 1.04 bits per heavy atom. The second kappa shape index (κ2) is 11.8. The molecule has 0 bridgehead atoms. The van der Waals surface area contributed by atoms with Crippen LogP contribution in [0.4, 0.5) is 0 Å². The summed E-state index contributed by atoms with van der Waals surface area (Å²) in [5.74, 6) is -7.08. The fraction of sp³-hybridized carbons (Fsp3) is 0.447. The molecule has 4 N–H and O–H groups in total. The van der Waals surface area contributed by atoms with E-state index in [4.69, 9.17) is 4.74 Å². The number of benzene rings is 2. The molecule has 10 nitrogen and oxygen atoms in total. The van der Waals surface area contributed by atoms with Crippen LogP contribution < -0.4 is 0 Å². The lowest BCUT2D eigenvalue weighted by Gasteiger charge is -2.59. The van der Waals surface area contributed by atoms with Gasteiger partial charge in [-0.3, -0.25) is 24.0 Å². The number of aliphatic hydroxyl groups is 3. The van der Waals surface area contributed by atoms with Gasteiger partial charge < -0.3 is 25.2 Å². The number of carbonyl (C=O) groups excluding carboxylic acids is 5. The predicted molar refractivity (Wildman–Crippen MR) is 175 cm³/mol. The van der Waals surface area contributed by atoms with Crippen molar-refractivity contribution >= 4 is 29.1 Å². The summed E-state index contributed by atoms with van der Waals surface area (Å²) in [4.78, 5) is 66.3. The number of allylic oxidation sites excluding steroid dienone is 2. The van der Waals surface area contributed by atoms with Crippen LogP contribution >= 0.6 is 0 Å². The Labute approximate surface area is 279 Å². The molecule has 10 heteroatoms. The van der Waals surface area contributed by atoms with Gasteiger partial charge in [0.25, 0.3) is 0 Å². The number of aromatic hydroxyl groups is 1. The third-order valence-electron chi connectivity index (χ3n) is 10.8. The number of ketones is 4. The molecule has 0 spiro atoms. The minimum absolute atomic E-state index is 0.0372. The topological polar surface area (TPSA) is 175 Å². The number of hydrogen-bond acceptors (Lipinski definition) is 10. The first-order valence-electron chi connectivity index (χ1n) is 16.2. The fourth-order valence-corrected chi connectivity index (χ4v) is 8.77. The van der Waals surface area contributed by atoms with Gasteiger partial charge in [-0.25, -0.2) is 0 Å². The van der Waals surface area contributed by atoms with Crippen LogP contribution in [0.2, 0.25) is 0 Å². The Hall–Kier alpha value is -4.57. The lowest BCUT2D eigenvalue weighted by atomic mass is 9.44. The highest BCUT2D eigenvalue weighted by molar-refractivity contribution is 6.25. The van der Waals surface area contributed by atoms with Gasteiger partial charge in [-0.15, -0.1) is 0 Å². The number of methoxy groups -OCH3 is 1. The van der Waals surface area contributed by atoms with Crippen LogP contribution in [0.3, 0.4) is 0 Å². The molecule has 5 atom stereocenters. The lowest BCUT2D eigenvalue weighted by Crippen LogP contribution is -2.67. The van der Waals surface area contributed by atoms with E-state index in [0.29, 0.717) is 28.7 Å². The van der Waals surface area contributed by atoms with Crippen LogP contribution in [-0.2, 0) is 25.5 Å². The average molecular weight is 659 g/mol. The molecule has 0 radical (unpaired) electrons. The first kappa shape index (κ1) is 34.8. The number of phenols is 1. The zero-order valence-corrected chi connectivity index (χ0v) is 28.3. The van der Waals surface area contributed by atoms with E-state index >= 15 is 0 Å². The zero-order chi connectivity index (χ0) is 35.7. The number of Topliss-reactive ketones (excluding diaryl/α,β-unsaturated/α-hetero) is 4. The molecule has 3 aliphatic rings. The summed E-state index contributed by atoms with van der Waals surface area (Å²) < 4.78 is 4.84. The summed E-state index contributed by atoms with van der Waals surface area (Å²) in [7, 11) is 1.28. The van der Waals surface area contributed by atoms with Crippen molar-refractivity contribution in [3.8, 4) is 16.9 Å². The highest BCUT2D eigenvalue weighted by Crippen LogP contribution is 2.65. The summed E-state index contributed by atoms with van der Waals surface area (Å²) >= 11 is 0. The number of esters is 1. The zero-order valence-electron chi connectivity index (χ0n) is 28.3. The third kappa shape index (κ3) is 4.83. The van der Waals surface area contributed by atoms with Crippen molar-refractivity contribution < 1.29 is 49.1 Å². The molecule has 0 aromatic heterocycles. The van der Waals surface area contributed by atoms with Gasteiger partial charge in [0.1, 0.15) is 22.8 Å². The molecule has 0 aliphatic heterocycles. The lowest BCUT2D eigenvalue weighted by molar-refractivity contribution is -0.171. The van der Waals surface area contributed by atoms with Crippen LogP contribution in [0.1, 0.15) is 87.1 Å². The van der Waals surface area contributed by atoms with E-state index in [1.165, 1.54) is 13.2 Å². The van der Waals surface area contributed by atoms with E-state index in [1.54, 1.807) is 65.0 Å². The van der Waals surface area contributed by atoms with Crippen molar-refractivity contribution in [1.82, 2.24) is 0 Å². The van der Waals surface area contributed by atoms with Crippen LogP contribution in [0.15, 0.2) is 59.1 Å². The number of ether oxygens (including phenoxy) is 1. The van der Waals surface area contributed by atoms with Gasteiger partial charge >= 0.3 is 5.97 Å². The molecule has 254 valence electrons. The molecule has 2 aromatic carbocycles. The minimum atomic E-state index is -2.69. The number of phenolic OH excluding ortho intramolecular Hbond substituents is 1. The Balaban J connectivity index is 1.68. The largest absolute Gasteiger partial charge is 0.511 e. The maximum absolute atomic E-state index is 14.4. The van der Waals surface area contributed by atoms with Gasteiger partial charge in [-0.2, -0.15) is 0 Å². The van der Waals surface area contributed by atoms with Gasteiger partial charge in [-0.1, -0.05) is 58.9 Å². The monoisotopic (exact) mass is 658 g/mol. The molecule has 5 rings (SSSR count). The third-order valence-corrected chi connectivity index (χ3v) is 10.8. The first-order chi connectivity index (χ1) is 22.4. The van der Waals surface area contributed by atoms with E-state index in [0.717, 1.165) is 6.92 Å². The van der Waals surface area contributed by atoms with E-state index in [1.807, 2.05) is 0 Å². The first-order valence-corrected chi connectivity index (χ1v) is 16.2. The SMILES string of the molecule is CCC(CC(=O)c1cccc(-c2ccc(O)c3c2C[C@]2(C)C[C@]4(C)C(C(C)C)C(O)=C(C(C)=O)C(=O)[C@]4(O)C(O)=C2C3=O)c1)C(=O)OC. The summed E-state index contributed by atoms with van der Waals surface area (Å²) in [5, 5.41) is 46.5. The summed E-state index contributed by atoms with van der Waals surface area (Å²) in [6, 6.07) is 9.73. The van der Waals surface area contributed by atoms with Crippen molar-refractivity contribution in [3.05, 3.63) is 75.8 Å². The molecule has 0 amide bonds. The Morgan fingerprint density at radius 2 is 1.71 bits per heavy atom. The maximum Gasteiger partial charge on any atom is 0.309 e. The number of fused-ring (bicyclic) bond motifs is 3. The van der Waals surface area contributed by atoms with Gasteiger partial charge in [0.15, 0.2) is 23.0 Å². The summed E-state index contributed by atoms with van der Waals surface area (Å²) in [5.41, 5.74) is -4.45. The van der Waals surface area contributed by atoms with Crippen LogP contribution in [0.25, 0.3) is 11.1 Å². The van der Waals surface area contributed by atoms with Gasteiger partial charge in [0.2, 0.25) is 5.78 Å². The molecule has 0 saturated carbocycles. The van der Waals surface area contributed by atoms with Gasteiger partial charge in [-0.05, 0) is 60.9 Å². The van der Waals surface area contributed by atoms with Crippen LogP contribution in [0, 0.1) is 28.6 Å². The quantitative estimate of drug-likeness (QED) is 0.154. The second-order valence-electron chi connectivity index (χ2n) is 14.3. The predicted octanol–water partition coefficient (Wildman–Crippen LogP) is 5.79. The van der Waals surface area contributed by atoms with Gasteiger partial charge in [0, 0.05) is 34.3 Å². The number of carbonyl (C=O) groups is 5. The van der Waals surface area contributed by atoms with Crippen molar-refractivity contribution in [1.29, 1.82) is 0 Å². The Morgan fingerprint density at radius 3 is 2.29 bits per heavy atom. The van der Waals surface area contributed by atoms with Crippen LogP contribution in [0.5, 0.6) is 5.75 Å². The highest BCUT2D eigenvalue weighted by atomic mass is 16.5. The molecular formula is C38H42O10. The number of rotatable bonds is 8. The highest BCUT2D eigenvalue weighted by Gasteiger charge is 2.71. The molecule has 0 fully saturated rings. The smallest absolute Gasteiger partial charge is 0.309 e. The Kier molecular flexibility index (Phi) is 8.57. The number of hydrogen-bond donors (Lipinski definition) is 4. The number of aliphatic hydroxyl groups excluding tert-OH is 2. The van der Waals surface area contributed by atoms with Crippen molar-refractivity contribution in [3.63, 3.8) is 0 Å². The van der Waals surface area contributed by atoms with Crippen LogP contribution in [-0.4, -0.2) is 62.2 Å². The average Bonchev–Trinajstić information content (AvgIpc) is 3.00. The fourth-order valence-electron chi connectivity index (χ4n) is 8.77.